The Morgan fingerprint density at radius 2 is 2.00 bits per heavy atom. The molecule has 0 saturated carbocycles. The molecule has 1 aliphatic heterocycles. The van der Waals surface area contributed by atoms with Crippen molar-refractivity contribution in [3.05, 3.63) is 12.7 Å². The summed E-state index contributed by atoms with van der Waals surface area (Å²) < 4.78 is 6.58. The molecule has 0 aromatic carbocycles. The van der Waals surface area contributed by atoms with Crippen molar-refractivity contribution in [3.63, 3.8) is 0 Å². The fraction of sp³-hybridized carbons (Fsp3) is 0.455. The number of hydrogen-bond donors (Lipinski definition) is 5. The van der Waals surface area contributed by atoms with Gasteiger partial charge in [-0.1, -0.05) is 0 Å². The average Bonchev–Trinajstić information content (AvgIpc) is 3.02. The minimum absolute atomic E-state index is 0. The fourth-order valence-corrected chi connectivity index (χ4v) is 2.37. The Labute approximate surface area is 151 Å². The third-order valence-electron chi connectivity index (χ3n) is 3.50. The molecule has 1 saturated heterocycles. The van der Waals surface area contributed by atoms with E-state index >= 15 is 0 Å². The van der Waals surface area contributed by atoms with E-state index in [0.717, 1.165) is 0 Å². The number of aromatic nitrogens is 4. The van der Waals surface area contributed by atoms with Gasteiger partial charge in [0.15, 0.2) is 23.8 Å². The van der Waals surface area contributed by atoms with Gasteiger partial charge in [0.1, 0.15) is 30.2 Å². The van der Waals surface area contributed by atoms with Crippen LogP contribution in [0, 0.1) is 0 Å². The van der Waals surface area contributed by atoms with Crippen LogP contribution in [-0.4, -0.2) is 99.9 Å². The molecule has 0 radical (unpaired) electrons. The van der Waals surface area contributed by atoms with E-state index in [0.29, 0.717) is 0 Å². The van der Waals surface area contributed by atoms with Crippen molar-refractivity contribution in [1.82, 2.24) is 19.5 Å². The maximum atomic E-state index is 10.8. The number of aliphatic hydroxyl groups is 3. The molecule has 23 heavy (non-hydrogen) atoms. The van der Waals surface area contributed by atoms with Crippen LogP contribution in [0.25, 0.3) is 11.2 Å². The van der Waals surface area contributed by atoms with Crippen LogP contribution in [0.5, 0.6) is 0 Å². The minimum atomic E-state index is -1.98. The number of nitrogens with two attached hydrogens (primary N) is 1. The van der Waals surface area contributed by atoms with Crippen molar-refractivity contribution < 1.29 is 30.0 Å². The molecule has 1 fully saturated rings. The van der Waals surface area contributed by atoms with Crippen LogP contribution in [-0.2, 0) is 9.53 Å². The number of rotatable bonds is 3. The van der Waals surface area contributed by atoms with E-state index in [4.69, 9.17) is 15.6 Å². The number of ether oxygens (including phenoxy) is 1. The number of carboxylic acid groups (broad SMARTS) is 1. The second kappa shape index (κ2) is 6.65. The quantitative estimate of drug-likeness (QED) is 0.359. The number of imidazole rings is 1. The second-order valence-corrected chi connectivity index (χ2v) is 4.84. The van der Waals surface area contributed by atoms with Crippen LogP contribution >= 0.6 is 0 Å². The Hall–Kier alpha value is -1.34. The molecule has 120 valence electrons. The molecule has 0 bridgehead atoms. The van der Waals surface area contributed by atoms with Gasteiger partial charge in [-0.05, 0) is 0 Å². The first kappa shape index (κ1) is 18.0. The van der Waals surface area contributed by atoms with Gasteiger partial charge in [-0.3, -0.25) is 4.57 Å². The number of nitrogen functional groups attached to an aromatic ring is 1. The summed E-state index contributed by atoms with van der Waals surface area (Å²) in [4.78, 5) is 22.5. The van der Waals surface area contributed by atoms with Gasteiger partial charge >= 0.3 is 35.5 Å². The average molecular weight is 335 g/mol. The molecular formula is C11H14N5NaO6. The van der Waals surface area contributed by atoms with E-state index in [1.165, 1.54) is 17.2 Å². The Kier molecular flexibility index (Phi) is 5.20. The standard InChI is InChI=1S/C11H13N5O6.Na.H/c12-8-3-9(14-1-13-8)16(2-15-3)10-5(18)4(17)7(22-10)6(19)11(20)21;;/h1-2,4-7,10,17-19H,(H,20,21)(H2,12,13,14);;/t4-,5+,6?,7-,10+;;/m0../s1. The fourth-order valence-electron chi connectivity index (χ4n) is 2.37. The molecule has 1 unspecified atom stereocenters. The Balaban J connectivity index is 0.00000192. The Bertz CT molecular complexity index is 726. The predicted molar refractivity (Wildman–Crippen MR) is 76.5 cm³/mol. The van der Waals surface area contributed by atoms with Crippen LogP contribution in [0.1, 0.15) is 6.23 Å². The first-order valence-electron chi connectivity index (χ1n) is 6.27. The first-order valence-corrected chi connectivity index (χ1v) is 6.27. The number of carbonyl (C=O) groups is 1. The first-order chi connectivity index (χ1) is 10.4. The zero-order valence-electron chi connectivity index (χ0n) is 11.0. The molecule has 5 atom stereocenters. The molecule has 12 heteroatoms. The SMILES string of the molecule is Nc1ncnc2c1ncn2[C@@H]1O[C@H](C(O)C(=O)O)[C@@H](O)[C@H]1O.[NaH]. The third kappa shape index (κ3) is 2.92. The number of aliphatic hydroxyl groups excluding tert-OH is 3. The van der Waals surface area contributed by atoms with Gasteiger partial charge in [-0.25, -0.2) is 19.7 Å². The Morgan fingerprint density at radius 3 is 2.65 bits per heavy atom. The third-order valence-corrected chi connectivity index (χ3v) is 3.50. The van der Waals surface area contributed by atoms with Crippen molar-refractivity contribution in [2.75, 3.05) is 5.73 Å². The van der Waals surface area contributed by atoms with E-state index in [1.807, 2.05) is 0 Å². The maximum absolute atomic E-state index is 10.8. The van der Waals surface area contributed by atoms with Crippen molar-refractivity contribution >= 4 is 52.5 Å². The zero-order chi connectivity index (χ0) is 16.0. The number of nitrogens with zero attached hydrogens (tertiary/aromatic N) is 4. The van der Waals surface area contributed by atoms with Crippen LogP contribution in [0.2, 0.25) is 0 Å². The summed E-state index contributed by atoms with van der Waals surface area (Å²) >= 11 is 0. The molecule has 2 aromatic heterocycles. The van der Waals surface area contributed by atoms with Crippen LogP contribution in [0.4, 0.5) is 5.82 Å². The summed E-state index contributed by atoms with van der Waals surface area (Å²) in [5, 5.41) is 38.3. The van der Waals surface area contributed by atoms with Crippen molar-refractivity contribution in [1.29, 1.82) is 0 Å². The molecule has 0 amide bonds. The number of hydrogen-bond acceptors (Lipinski definition) is 9. The van der Waals surface area contributed by atoms with Gasteiger partial charge < -0.3 is 30.9 Å². The number of aliphatic carboxylic acids is 1. The molecule has 0 aliphatic carbocycles. The van der Waals surface area contributed by atoms with E-state index < -0.39 is 36.6 Å². The van der Waals surface area contributed by atoms with E-state index in [2.05, 4.69) is 15.0 Å². The number of carboxylic acids is 1. The Morgan fingerprint density at radius 1 is 1.30 bits per heavy atom. The number of anilines is 1. The van der Waals surface area contributed by atoms with Crippen LogP contribution in [0.3, 0.4) is 0 Å². The summed E-state index contributed by atoms with van der Waals surface area (Å²) in [6.45, 7) is 0. The topological polar surface area (TPSA) is 177 Å². The van der Waals surface area contributed by atoms with Crippen molar-refractivity contribution in [2.45, 2.75) is 30.6 Å². The van der Waals surface area contributed by atoms with Crippen molar-refractivity contribution in [3.8, 4) is 0 Å². The van der Waals surface area contributed by atoms with Crippen molar-refractivity contribution in [2.24, 2.45) is 0 Å². The molecule has 2 aromatic rings. The summed E-state index contributed by atoms with van der Waals surface area (Å²) in [7, 11) is 0. The van der Waals surface area contributed by atoms with Gasteiger partial charge in [0, 0.05) is 0 Å². The van der Waals surface area contributed by atoms with Gasteiger partial charge in [-0.2, -0.15) is 0 Å². The molecule has 0 spiro atoms. The van der Waals surface area contributed by atoms with E-state index in [1.54, 1.807) is 0 Å². The zero-order valence-corrected chi connectivity index (χ0v) is 11.0. The molecule has 3 rings (SSSR count). The molecule has 3 heterocycles. The molecule has 6 N–H and O–H groups in total. The van der Waals surface area contributed by atoms with Crippen LogP contribution < -0.4 is 5.73 Å². The second-order valence-electron chi connectivity index (χ2n) is 4.84. The molecule has 1 aliphatic rings. The van der Waals surface area contributed by atoms with E-state index in [9.17, 15) is 20.1 Å². The van der Waals surface area contributed by atoms with Gasteiger partial charge in [0.25, 0.3) is 0 Å². The van der Waals surface area contributed by atoms with Gasteiger partial charge in [0.05, 0.1) is 6.33 Å². The predicted octanol–water partition coefficient (Wildman–Crippen LogP) is -3.18. The summed E-state index contributed by atoms with van der Waals surface area (Å²) in [6.07, 6.45) is -5.25. The summed E-state index contributed by atoms with van der Waals surface area (Å²) in [5.41, 5.74) is 6.17. The molecule has 11 nitrogen and oxygen atoms in total. The summed E-state index contributed by atoms with van der Waals surface area (Å²) in [6, 6.07) is 0. The van der Waals surface area contributed by atoms with E-state index in [-0.39, 0.29) is 46.5 Å². The van der Waals surface area contributed by atoms with Crippen LogP contribution in [0.15, 0.2) is 12.7 Å². The van der Waals surface area contributed by atoms with Gasteiger partial charge in [0.2, 0.25) is 0 Å². The number of fused-ring (bicyclic) bond motifs is 1. The van der Waals surface area contributed by atoms with Gasteiger partial charge in [-0.15, -0.1) is 0 Å². The normalized spacial score (nSPS) is 28.5. The monoisotopic (exact) mass is 335 g/mol. The molecular weight excluding hydrogens is 321 g/mol. The summed E-state index contributed by atoms with van der Waals surface area (Å²) in [5.74, 6) is -1.45.